The first-order valence-corrected chi connectivity index (χ1v) is 6.27. The molecule has 92 valence electrons. The Morgan fingerprint density at radius 2 is 2.18 bits per heavy atom. The number of nitrogens with one attached hydrogen (secondary N) is 1. The van der Waals surface area contributed by atoms with Crippen LogP contribution in [0.15, 0.2) is 24.3 Å². The van der Waals surface area contributed by atoms with Crippen molar-refractivity contribution in [2.24, 2.45) is 5.92 Å². The molecule has 1 heterocycles. The highest BCUT2D eigenvalue weighted by atomic mass is 35.5. The van der Waals surface area contributed by atoms with Crippen LogP contribution in [0.3, 0.4) is 0 Å². The predicted molar refractivity (Wildman–Crippen MR) is 70.5 cm³/mol. The van der Waals surface area contributed by atoms with Crippen LogP contribution in [0.4, 0.5) is 5.69 Å². The molecule has 1 aromatic carbocycles. The molecule has 1 atom stereocenters. The van der Waals surface area contributed by atoms with E-state index in [1.54, 1.807) is 17.0 Å². The van der Waals surface area contributed by atoms with Crippen LogP contribution >= 0.6 is 11.6 Å². The van der Waals surface area contributed by atoms with E-state index in [1.165, 1.54) is 0 Å². The third kappa shape index (κ3) is 3.20. The minimum Gasteiger partial charge on any atom is -0.316 e. The van der Waals surface area contributed by atoms with Crippen LogP contribution < -0.4 is 10.2 Å². The van der Waals surface area contributed by atoms with Gasteiger partial charge in [-0.15, -0.1) is 0 Å². The Balaban J connectivity index is 1.96. The van der Waals surface area contributed by atoms with Gasteiger partial charge in [-0.2, -0.15) is 0 Å². The lowest BCUT2D eigenvalue weighted by molar-refractivity contribution is -0.119. The Morgan fingerprint density at radius 3 is 2.76 bits per heavy atom. The van der Waals surface area contributed by atoms with Crippen molar-refractivity contribution in [1.29, 1.82) is 0 Å². The molecule has 1 aliphatic rings. The zero-order valence-electron chi connectivity index (χ0n) is 9.95. The average molecular weight is 253 g/mol. The molecule has 1 saturated heterocycles. The lowest BCUT2D eigenvalue weighted by atomic mass is 10.0. The molecule has 1 N–H and O–H groups in total. The average Bonchev–Trinajstić information content (AvgIpc) is 2.82. The molecule has 0 saturated carbocycles. The largest absolute Gasteiger partial charge is 0.316 e. The van der Waals surface area contributed by atoms with Crippen LogP contribution in [-0.4, -0.2) is 26.0 Å². The lowest BCUT2D eigenvalue weighted by Crippen LogP contribution is -2.28. The van der Waals surface area contributed by atoms with Gasteiger partial charge in [0.25, 0.3) is 0 Å². The minimum atomic E-state index is 0.168. The SMILES string of the molecule is CN(C(=O)CC1CCNC1)c1ccc(Cl)cc1. The molecule has 1 fully saturated rings. The fourth-order valence-electron chi connectivity index (χ4n) is 2.08. The molecule has 0 aromatic heterocycles. The second-order valence-electron chi connectivity index (χ2n) is 4.49. The summed E-state index contributed by atoms with van der Waals surface area (Å²) in [6.07, 6.45) is 1.71. The maximum Gasteiger partial charge on any atom is 0.227 e. The molecule has 1 amide bonds. The van der Waals surface area contributed by atoms with Crippen molar-refractivity contribution >= 4 is 23.2 Å². The first-order chi connectivity index (χ1) is 8.16. The fraction of sp³-hybridized carbons (Fsp3) is 0.462. The molecule has 2 rings (SSSR count). The number of nitrogens with zero attached hydrogens (tertiary/aromatic N) is 1. The van der Waals surface area contributed by atoms with Gasteiger partial charge in [-0.3, -0.25) is 4.79 Å². The number of carbonyl (C=O) groups is 1. The molecule has 0 spiro atoms. The third-order valence-corrected chi connectivity index (χ3v) is 3.47. The van der Waals surface area contributed by atoms with Gasteiger partial charge in [-0.25, -0.2) is 0 Å². The van der Waals surface area contributed by atoms with Gasteiger partial charge in [-0.1, -0.05) is 11.6 Å². The number of rotatable bonds is 3. The van der Waals surface area contributed by atoms with E-state index in [2.05, 4.69) is 5.32 Å². The van der Waals surface area contributed by atoms with E-state index in [9.17, 15) is 4.79 Å². The van der Waals surface area contributed by atoms with E-state index in [0.29, 0.717) is 17.4 Å². The topological polar surface area (TPSA) is 32.3 Å². The van der Waals surface area contributed by atoms with Crippen molar-refractivity contribution in [3.05, 3.63) is 29.3 Å². The number of hydrogen-bond donors (Lipinski definition) is 1. The van der Waals surface area contributed by atoms with Crippen molar-refractivity contribution in [2.45, 2.75) is 12.8 Å². The fourth-order valence-corrected chi connectivity index (χ4v) is 2.21. The maximum atomic E-state index is 12.0. The van der Waals surface area contributed by atoms with Gasteiger partial charge in [0, 0.05) is 24.2 Å². The molecule has 4 heteroatoms. The van der Waals surface area contributed by atoms with Gasteiger partial charge in [-0.05, 0) is 49.7 Å². The number of hydrogen-bond acceptors (Lipinski definition) is 2. The number of benzene rings is 1. The van der Waals surface area contributed by atoms with Crippen molar-refractivity contribution in [3.8, 4) is 0 Å². The van der Waals surface area contributed by atoms with Gasteiger partial charge < -0.3 is 10.2 Å². The van der Waals surface area contributed by atoms with E-state index in [0.717, 1.165) is 25.2 Å². The third-order valence-electron chi connectivity index (χ3n) is 3.21. The number of amides is 1. The van der Waals surface area contributed by atoms with Crippen molar-refractivity contribution in [1.82, 2.24) is 5.32 Å². The summed E-state index contributed by atoms with van der Waals surface area (Å²) in [7, 11) is 1.81. The normalized spacial score (nSPS) is 19.3. The molecule has 3 nitrogen and oxygen atoms in total. The quantitative estimate of drug-likeness (QED) is 0.895. The van der Waals surface area contributed by atoms with E-state index in [-0.39, 0.29) is 5.91 Å². The Bertz CT molecular complexity index is 385. The summed E-state index contributed by atoms with van der Waals surface area (Å²) in [5.41, 5.74) is 0.894. The van der Waals surface area contributed by atoms with Crippen molar-refractivity contribution < 1.29 is 4.79 Å². The molecule has 1 aliphatic heterocycles. The van der Waals surface area contributed by atoms with E-state index >= 15 is 0 Å². The van der Waals surface area contributed by atoms with Gasteiger partial charge in [0.2, 0.25) is 5.91 Å². The second kappa shape index (κ2) is 5.52. The Kier molecular flexibility index (Phi) is 4.02. The summed E-state index contributed by atoms with van der Waals surface area (Å²) < 4.78 is 0. The molecule has 17 heavy (non-hydrogen) atoms. The van der Waals surface area contributed by atoms with Crippen LogP contribution in [0, 0.1) is 5.92 Å². The molecular formula is C13H17ClN2O. The van der Waals surface area contributed by atoms with E-state index in [4.69, 9.17) is 11.6 Å². The van der Waals surface area contributed by atoms with E-state index < -0.39 is 0 Å². The van der Waals surface area contributed by atoms with E-state index in [1.807, 2.05) is 19.2 Å². The molecule has 1 aromatic rings. The number of halogens is 1. The smallest absolute Gasteiger partial charge is 0.227 e. The van der Waals surface area contributed by atoms with Gasteiger partial charge in [0.1, 0.15) is 0 Å². The summed E-state index contributed by atoms with van der Waals surface area (Å²) in [4.78, 5) is 13.8. The second-order valence-corrected chi connectivity index (χ2v) is 4.93. The zero-order chi connectivity index (χ0) is 12.3. The molecular weight excluding hydrogens is 236 g/mol. The highest BCUT2D eigenvalue weighted by Crippen LogP contribution is 2.20. The highest BCUT2D eigenvalue weighted by Gasteiger charge is 2.20. The van der Waals surface area contributed by atoms with Gasteiger partial charge >= 0.3 is 0 Å². The van der Waals surface area contributed by atoms with Crippen molar-refractivity contribution in [3.63, 3.8) is 0 Å². The predicted octanol–water partition coefficient (Wildman–Crippen LogP) is 2.30. The molecule has 0 radical (unpaired) electrons. The Morgan fingerprint density at radius 1 is 1.47 bits per heavy atom. The van der Waals surface area contributed by atoms with Crippen LogP contribution in [-0.2, 0) is 4.79 Å². The van der Waals surface area contributed by atoms with Crippen LogP contribution in [0.25, 0.3) is 0 Å². The van der Waals surface area contributed by atoms with Gasteiger partial charge in [0.05, 0.1) is 0 Å². The molecule has 0 aliphatic carbocycles. The summed E-state index contributed by atoms with van der Waals surface area (Å²) in [6.45, 7) is 1.99. The van der Waals surface area contributed by atoms with Crippen molar-refractivity contribution in [2.75, 3.05) is 25.0 Å². The minimum absolute atomic E-state index is 0.168. The first kappa shape index (κ1) is 12.4. The van der Waals surface area contributed by atoms with Gasteiger partial charge in [0.15, 0.2) is 0 Å². The van der Waals surface area contributed by atoms with Crippen LogP contribution in [0.2, 0.25) is 5.02 Å². The highest BCUT2D eigenvalue weighted by molar-refractivity contribution is 6.30. The molecule has 1 unspecified atom stereocenters. The number of carbonyl (C=O) groups excluding carboxylic acids is 1. The molecule has 0 bridgehead atoms. The summed E-state index contributed by atoms with van der Waals surface area (Å²) >= 11 is 5.82. The Labute approximate surface area is 107 Å². The lowest BCUT2D eigenvalue weighted by Gasteiger charge is -2.19. The summed E-state index contributed by atoms with van der Waals surface area (Å²) in [5.74, 6) is 0.651. The first-order valence-electron chi connectivity index (χ1n) is 5.89. The number of anilines is 1. The summed E-state index contributed by atoms with van der Waals surface area (Å²) in [6, 6.07) is 7.34. The Hall–Kier alpha value is -1.06. The standard InChI is InChI=1S/C13H17ClN2O/c1-16(12-4-2-11(14)3-5-12)13(17)8-10-6-7-15-9-10/h2-5,10,15H,6-9H2,1H3. The zero-order valence-corrected chi connectivity index (χ0v) is 10.7. The maximum absolute atomic E-state index is 12.0. The van der Waals surface area contributed by atoms with Crippen LogP contribution in [0.5, 0.6) is 0 Å². The summed E-state index contributed by atoms with van der Waals surface area (Å²) in [5, 5.41) is 3.97. The monoisotopic (exact) mass is 252 g/mol. The van der Waals surface area contributed by atoms with Crippen LogP contribution in [0.1, 0.15) is 12.8 Å².